The van der Waals surface area contributed by atoms with E-state index >= 15 is 4.39 Å². The second kappa shape index (κ2) is 7.50. The first-order chi connectivity index (χ1) is 15.9. The summed E-state index contributed by atoms with van der Waals surface area (Å²) in [6.07, 6.45) is 4.28. The molecule has 3 aliphatic rings. The Morgan fingerprint density at radius 3 is 2.88 bits per heavy atom. The van der Waals surface area contributed by atoms with E-state index in [9.17, 15) is 4.79 Å². The molecule has 1 atom stereocenters. The van der Waals surface area contributed by atoms with Crippen LogP contribution in [0.15, 0.2) is 6.20 Å². The third-order valence-corrected chi connectivity index (χ3v) is 6.80. The molecule has 1 unspecified atom stereocenters. The number of nitrogens with zero attached hydrogens (tertiary/aromatic N) is 4. The number of fused-ring (bicyclic) bond motifs is 6. The zero-order valence-electron chi connectivity index (χ0n) is 18.3. The average Bonchev–Trinajstić information content (AvgIpc) is 3.14. The highest BCUT2D eigenvalue weighted by Gasteiger charge is 2.34. The quantitative estimate of drug-likeness (QED) is 0.561. The van der Waals surface area contributed by atoms with Crippen LogP contribution in [0.5, 0.6) is 11.8 Å². The normalized spacial score (nSPS) is 19.3. The van der Waals surface area contributed by atoms with Crippen molar-refractivity contribution in [1.29, 1.82) is 0 Å². The number of hydrogen-bond donors (Lipinski definition) is 2. The largest absolute Gasteiger partial charge is 0.417 e. The molecule has 0 saturated carbocycles. The summed E-state index contributed by atoms with van der Waals surface area (Å²) < 4.78 is 21.8. The first-order valence-electron chi connectivity index (χ1n) is 11.0. The Balaban J connectivity index is 1.44. The molecule has 3 aromatic heterocycles. The third kappa shape index (κ3) is 3.29. The highest BCUT2D eigenvalue weighted by atomic mass is 35.5. The van der Waals surface area contributed by atoms with Gasteiger partial charge in [0.25, 0.3) is 11.8 Å². The fourth-order valence-corrected chi connectivity index (χ4v) is 5.28. The smallest absolute Gasteiger partial charge is 0.258 e. The number of rotatable bonds is 2. The van der Waals surface area contributed by atoms with Gasteiger partial charge < -0.3 is 19.9 Å². The average molecular weight is 469 g/mol. The second-order valence-corrected chi connectivity index (χ2v) is 9.34. The Morgan fingerprint density at radius 1 is 1.18 bits per heavy atom. The molecule has 0 bridgehead atoms. The van der Waals surface area contributed by atoms with Crippen molar-refractivity contribution in [1.82, 2.24) is 30.2 Å². The van der Waals surface area contributed by atoms with Gasteiger partial charge in [0.05, 0.1) is 22.5 Å². The van der Waals surface area contributed by atoms with Crippen molar-refractivity contribution in [2.24, 2.45) is 0 Å². The summed E-state index contributed by atoms with van der Waals surface area (Å²) in [4.78, 5) is 30.9. The Bertz CT molecular complexity index is 1320. The first-order valence-corrected chi connectivity index (χ1v) is 11.4. The summed E-state index contributed by atoms with van der Waals surface area (Å²) in [5, 5.41) is 3.03. The molecule has 2 N–H and O–H groups in total. The number of likely N-dealkylation sites (N-methyl/N-ethyl adjacent to an activating group) is 1. The number of H-pyrrole nitrogens is 1. The van der Waals surface area contributed by atoms with Gasteiger partial charge in [-0.15, -0.1) is 0 Å². The van der Waals surface area contributed by atoms with Crippen molar-refractivity contribution in [3.05, 3.63) is 50.9 Å². The molecule has 8 nitrogen and oxygen atoms in total. The van der Waals surface area contributed by atoms with Gasteiger partial charge in [0.15, 0.2) is 5.82 Å². The van der Waals surface area contributed by atoms with Crippen molar-refractivity contribution in [3.8, 4) is 23.0 Å². The minimum atomic E-state index is -0.576. The molecular weight excluding hydrogens is 447 g/mol. The summed E-state index contributed by atoms with van der Waals surface area (Å²) >= 11 is 6.12. The fraction of sp³-hybridized carbons (Fsp3) is 0.391. The van der Waals surface area contributed by atoms with Crippen molar-refractivity contribution in [2.45, 2.75) is 45.2 Å². The van der Waals surface area contributed by atoms with E-state index < -0.39 is 5.82 Å². The monoisotopic (exact) mass is 468 g/mol. The highest BCUT2D eigenvalue weighted by molar-refractivity contribution is 6.28. The number of hydrogen-bond acceptors (Lipinski definition) is 6. The number of carbonyl (C=O) groups is 1. The van der Waals surface area contributed by atoms with E-state index in [1.165, 1.54) is 0 Å². The lowest BCUT2D eigenvalue weighted by atomic mass is 9.88. The lowest BCUT2D eigenvalue weighted by Crippen LogP contribution is -2.39. The number of aromatic amines is 1. The molecule has 0 aromatic carbocycles. The Morgan fingerprint density at radius 2 is 2.03 bits per heavy atom. The number of aromatic nitrogens is 4. The predicted octanol–water partition coefficient (Wildman–Crippen LogP) is 3.21. The molecule has 0 saturated heterocycles. The van der Waals surface area contributed by atoms with Gasteiger partial charge in [-0.05, 0) is 49.5 Å². The Hall–Kier alpha value is -3.04. The van der Waals surface area contributed by atoms with E-state index in [0.29, 0.717) is 49.0 Å². The van der Waals surface area contributed by atoms with Gasteiger partial charge in [-0.1, -0.05) is 0 Å². The minimum absolute atomic E-state index is 0.0255. The molecule has 0 spiro atoms. The SMILES string of the molecule is CC1Cc2[nH]c3c(c2C(=O)N1)CCc1cnc(Oc2nc(Cl)nc4c2CN(C)CC4)c(F)c1-3. The summed E-state index contributed by atoms with van der Waals surface area (Å²) in [7, 11) is 1.99. The number of halogens is 2. The molecule has 1 amide bonds. The summed E-state index contributed by atoms with van der Waals surface area (Å²) in [6.45, 7) is 3.38. The van der Waals surface area contributed by atoms with Crippen LogP contribution in [-0.2, 0) is 32.2 Å². The molecule has 10 heteroatoms. The molecule has 5 heterocycles. The summed E-state index contributed by atoms with van der Waals surface area (Å²) in [5.41, 5.74) is 5.76. The highest BCUT2D eigenvalue weighted by Crippen LogP contribution is 2.41. The minimum Gasteiger partial charge on any atom is -0.417 e. The summed E-state index contributed by atoms with van der Waals surface area (Å²) in [6, 6.07) is 0.0255. The van der Waals surface area contributed by atoms with Crippen LogP contribution in [0, 0.1) is 5.82 Å². The number of nitrogens with one attached hydrogen (secondary N) is 2. The van der Waals surface area contributed by atoms with Crippen LogP contribution in [0.4, 0.5) is 4.39 Å². The van der Waals surface area contributed by atoms with Crippen LogP contribution in [0.3, 0.4) is 0 Å². The maximum atomic E-state index is 15.9. The number of ether oxygens (including phenoxy) is 1. The van der Waals surface area contributed by atoms with E-state index in [-0.39, 0.29) is 29.0 Å². The van der Waals surface area contributed by atoms with Gasteiger partial charge in [0.1, 0.15) is 0 Å². The lowest BCUT2D eigenvalue weighted by Gasteiger charge is -2.25. The number of amides is 1. The topological polar surface area (TPSA) is 96.0 Å². The van der Waals surface area contributed by atoms with Gasteiger partial charge in [-0.3, -0.25) is 4.79 Å². The first kappa shape index (κ1) is 20.6. The van der Waals surface area contributed by atoms with Crippen molar-refractivity contribution >= 4 is 17.5 Å². The lowest BCUT2D eigenvalue weighted by molar-refractivity contribution is 0.0928. The van der Waals surface area contributed by atoms with Gasteiger partial charge in [0, 0.05) is 49.4 Å². The predicted molar refractivity (Wildman–Crippen MR) is 119 cm³/mol. The van der Waals surface area contributed by atoms with Crippen molar-refractivity contribution in [2.75, 3.05) is 13.6 Å². The molecule has 2 aliphatic heterocycles. The van der Waals surface area contributed by atoms with Crippen LogP contribution in [-0.4, -0.2) is 50.4 Å². The molecule has 170 valence electrons. The fourth-order valence-electron chi connectivity index (χ4n) is 5.10. The zero-order chi connectivity index (χ0) is 22.9. The molecule has 1 aliphatic carbocycles. The van der Waals surface area contributed by atoms with E-state index in [2.05, 4.69) is 30.2 Å². The van der Waals surface area contributed by atoms with Gasteiger partial charge >= 0.3 is 0 Å². The molecule has 0 fully saturated rings. The van der Waals surface area contributed by atoms with Crippen LogP contribution >= 0.6 is 11.6 Å². The van der Waals surface area contributed by atoms with Crippen LogP contribution in [0.2, 0.25) is 5.28 Å². The van der Waals surface area contributed by atoms with E-state index in [0.717, 1.165) is 34.6 Å². The summed E-state index contributed by atoms with van der Waals surface area (Å²) in [5.74, 6) is -0.634. The second-order valence-electron chi connectivity index (χ2n) is 9.00. The molecule has 0 radical (unpaired) electrons. The number of pyridine rings is 1. The standard InChI is InChI=1S/C23H22ClFN6O2/c1-10-7-15-17(20(32)27-10)12-4-3-11-8-26-22(18(25)16(11)19(12)28-15)33-21-13-9-31(2)6-5-14(13)29-23(24)30-21/h8,10,28H,3-7,9H2,1-2H3,(H,27,32). The zero-order valence-corrected chi connectivity index (χ0v) is 19.0. The van der Waals surface area contributed by atoms with E-state index in [1.807, 2.05) is 14.0 Å². The van der Waals surface area contributed by atoms with Gasteiger partial charge in [-0.2, -0.15) is 4.98 Å². The molecule has 3 aromatic rings. The maximum Gasteiger partial charge on any atom is 0.258 e. The van der Waals surface area contributed by atoms with Crippen LogP contribution < -0.4 is 10.1 Å². The van der Waals surface area contributed by atoms with E-state index in [4.69, 9.17) is 16.3 Å². The molecule has 33 heavy (non-hydrogen) atoms. The van der Waals surface area contributed by atoms with Crippen LogP contribution in [0.1, 0.15) is 45.4 Å². The maximum absolute atomic E-state index is 15.9. The van der Waals surface area contributed by atoms with Gasteiger partial charge in [-0.25, -0.2) is 14.4 Å². The van der Waals surface area contributed by atoms with Crippen molar-refractivity contribution < 1.29 is 13.9 Å². The molecular formula is C23H22ClFN6O2. The third-order valence-electron chi connectivity index (χ3n) is 6.64. The van der Waals surface area contributed by atoms with E-state index in [1.54, 1.807) is 6.20 Å². The van der Waals surface area contributed by atoms with Gasteiger partial charge in [0.2, 0.25) is 11.2 Å². The Kier molecular flexibility index (Phi) is 4.67. The Labute approximate surface area is 194 Å². The number of aryl methyl sites for hydroxylation is 1. The molecule has 6 rings (SSSR count). The number of carbonyl (C=O) groups excluding carboxylic acids is 1. The van der Waals surface area contributed by atoms with Crippen molar-refractivity contribution in [3.63, 3.8) is 0 Å². The van der Waals surface area contributed by atoms with Crippen LogP contribution in [0.25, 0.3) is 11.3 Å².